The van der Waals surface area contributed by atoms with E-state index in [-0.39, 0.29) is 53.9 Å². The Balaban J connectivity index is 0. The van der Waals surface area contributed by atoms with Crippen LogP contribution in [0.25, 0.3) is 0 Å². The van der Waals surface area contributed by atoms with Gasteiger partial charge in [-0.25, -0.2) is 0 Å². The fourth-order valence-corrected chi connectivity index (χ4v) is 6.48. The van der Waals surface area contributed by atoms with E-state index in [1.807, 2.05) is 0 Å². The monoisotopic (exact) mass is 842 g/mol. The van der Waals surface area contributed by atoms with Crippen LogP contribution in [0.4, 0.5) is 0 Å². The Kier molecular flexibility index (Phi) is 21.6. The zero-order valence-electron chi connectivity index (χ0n) is 27.3. The predicted octanol–water partition coefficient (Wildman–Crippen LogP) is -0.0418. The summed E-state index contributed by atoms with van der Waals surface area (Å²) < 4.78 is 1.87. The number of likely N-dealkylation sites (tertiary alicyclic amines) is 2. The molecule has 0 aromatic heterocycles. The molecule has 0 amide bonds. The van der Waals surface area contributed by atoms with Crippen molar-refractivity contribution in [3.05, 3.63) is 69.8 Å². The average molecular weight is 844 g/mol. The van der Waals surface area contributed by atoms with Crippen molar-refractivity contribution >= 4 is 20.8 Å². The Labute approximate surface area is 301 Å². The van der Waals surface area contributed by atoms with Crippen molar-refractivity contribution in [3.63, 3.8) is 0 Å². The molecule has 2 aliphatic heterocycles. The van der Waals surface area contributed by atoms with Crippen molar-refractivity contribution in [2.75, 3.05) is 40.3 Å². The van der Waals surface area contributed by atoms with E-state index in [1.165, 1.54) is 59.1 Å². The summed E-state index contributed by atoms with van der Waals surface area (Å²) in [4.78, 5) is 25.2. The number of likely N-dealkylation sites (N-methyl/N-ethyl adjacent to an activating group) is 2. The topological polar surface area (TPSA) is 65.6 Å². The Hall–Kier alpha value is -0.290. The largest absolute Gasteiger partial charge is 1.00 e. The van der Waals surface area contributed by atoms with Crippen LogP contribution in [0.15, 0.2) is 36.4 Å². The number of nitrogens with zero attached hydrogens (tertiary/aromatic N) is 2. The molecule has 2 fully saturated rings. The van der Waals surface area contributed by atoms with Gasteiger partial charge in [0.15, 0.2) is 11.6 Å². The fraction of sp³-hybridized carbons (Fsp3) is 0.588. The van der Waals surface area contributed by atoms with Crippen LogP contribution in [0.3, 0.4) is 0 Å². The first-order chi connectivity index (χ1) is 18.9. The normalized spacial score (nSPS) is 17.3. The van der Waals surface area contributed by atoms with Crippen LogP contribution in [0.5, 0.6) is 0 Å². The number of hydrogen-bond acceptors (Lipinski definition) is 2. The van der Waals surface area contributed by atoms with Gasteiger partial charge in [-0.15, -0.1) is 0 Å². The minimum Gasteiger partial charge on any atom is -1.00 e. The van der Waals surface area contributed by atoms with Crippen molar-refractivity contribution < 1.29 is 80.4 Å². The molecule has 2 heterocycles. The molecule has 2 aliphatic rings. The number of hydrogen-bond donors (Lipinski definition) is 0. The number of halogens is 3. The number of aryl methyl sites for hydroxylation is 4. The number of Topliss-reactive ketones (excluding diaryl/α,β-unsaturated/α-hetero) is 2. The first-order valence-corrected chi connectivity index (χ1v) is 16.7. The summed E-state index contributed by atoms with van der Waals surface area (Å²) in [6.07, 6.45) is 6.23. The van der Waals surface area contributed by atoms with Crippen LogP contribution in [0.1, 0.15) is 72.9 Å². The van der Waals surface area contributed by atoms with Crippen molar-refractivity contribution in [3.8, 4) is 0 Å². The number of rotatable bonds is 8. The Morgan fingerprint density at radius 3 is 1.14 bits per heavy atom. The maximum absolute atomic E-state index is 12.6. The molecule has 0 spiro atoms. The van der Waals surface area contributed by atoms with Crippen molar-refractivity contribution in [1.82, 2.24) is 0 Å². The van der Waals surface area contributed by atoms with Gasteiger partial charge >= 0.3 is 29.2 Å². The van der Waals surface area contributed by atoms with Gasteiger partial charge < -0.3 is 50.8 Å². The predicted molar refractivity (Wildman–Crippen MR) is 168 cm³/mol. The van der Waals surface area contributed by atoms with E-state index >= 15 is 0 Å². The molecule has 2 aromatic rings. The van der Waals surface area contributed by atoms with E-state index in [1.54, 1.807) is 0 Å². The van der Waals surface area contributed by atoms with Crippen molar-refractivity contribution in [1.29, 1.82) is 0 Å². The van der Waals surface area contributed by atoms with Gasteiger partial charge in [0.2, 0.25) is 0 Å². The third-order valence-electron chi connectivity index (χ3n) is 9.97. The molecule has 0 bridgehead atoms. The molecular weight excluding hydrogens is 790 g/mol. The number of ketones is 2. The molecule has 4 rings (SSSR count). The Morgan fingerprint density at radius 2 is 0.907 bits per heavy atom. The molecular formula is C34H54AgCl2IN2O3. The second-order valence-corrected chi connectivity index (χ2v) is 12.6. The first kappa shape index (κ1) is 44.8. The average Bonchev–Trinajstić information content (AvgIpc) is 3.58. The van der Waals surface area contributed by atoms with Crippen LogP contribution < -0.4 is 36.4 Å². The second-order valence-electron chi connectivity index (χ2n) is 12.6. The van der Waals surface area contributed by atoms with Gasteiger partial charge in [0.1, 0.15) is 12.1 Å². The summed E-state index contributed by atoms with van der Waals surface area (Å²) in [6, 6.07) is 12.8. The van der Waals surface area contributed by atoms with Gasteiger partial charge in [0.25, 0.3) is 0 Å². The molecule has 250 valence electrons. The molecule has 0 saturated carbocycles. The maximum Gasteiger partial charge on any atom is -1.00 e. The summed E-state index contributed by atoms with van der Waals surface area (Å²) in [5.74, 6) is 0.781. The summed E-state index contributed by atoms with van der Waals surface area (Å²) in [5.41, 5.74) is 7.42. The van der Waals surface area contributed by atoms with E-state index in [2.05, 4.69) is 121 Å². The van der Waals surface area contributed by atoms with E-state index < -0.39 is 0 Å². The molecule has 43 heavy (non-hydrogen) atoms. The molecule has 2 saturated heterocycles. The van der Waals surface area contributed by atoms with Crippen LogP contribution >= 0.6 is 9.19 Å². The summed E-state index contributed by atoms with van der Waals surface area (Å²) in [6.45, 7) is 17.2. The summed E-state index contributed by atoms with van der Waals surface area (Å²) in [7, 11) is 8.92. The van der Waals surface area contributed by atoms with Gasteiger partial charge in [0, 0.05) is 38.5 Å². The van der Waals surface area contributed by atoms with E-state index in [9.17, 15) is 9.59 Å². The standard InChI is InChI=1S/2C17H26NO.Ag.2ClH.HI.H2O/c2*1-13-8-7-9-14(2)16(13)12-17(19)15(3)18(4)10-5-6-11-18;;;;;/h2*7-9,15H,5-6,10-12H2,1-4H3;;3*1H;1H2/q3*+1;;;;/p-3. The molecule has 2 unspecified atom stereocenters. The Bertz CT molecular complexity index is 1020. The second kappa shape index (κ2) is 20.8. The number of benzene rings is 2. The first-order valence-electron chi connectivity index (χ1n) is 14.8. The van der Waals surface area contributed by atoms with Gasteiger partial charge in [0.05, 0.1) is 40.3 Å². The van der Waals surface area contributed by atoms with Gasteiger partial charge in [-0.3, -0.25) is 9.59 Å². The molecule has 5 nitrogen and oxygen atoms in total. The van der Waals surface area contributed by atoms with Gasteiger partial charge in [-0.05, 0) is 74.9 Å². The third kappa shape index (κ3) is 12.1. The number of carbonyl (C=O) groups is 2. The van der Waals surface area contributed by atoms with Crippen LogP contribution in [-0.2, 0) is 42.4 Å². The third-order valence-corrected chi connectivity index (χ3v) is 9.97. The van der Waals surface area contributed by atoms with Crippen LogP contribution in [-0.4, -0.2) is 78.4 Å². The van der Waals surface area contributed by atoms with E-state index in [0.29, 0.717) is 24.4 Å². The van der Waals surface area contributed by atoms with Crippen LogP contribution in [0.2, 0.25) is 0 Å². The van der Waals surface area contributed by atoms with Crippen LogP contribution in [0, 0.1) is 27.7 Å². The maximum atomic E-state index is 12.6. The quantitative estimate of drug-likeness (QED) is 0.213. The summed E-state index contributed by atoms with van der Waals surface area (Å²) in [5, 5.41) is 0. The number of quaternary nitrogens is 2. The minimum atomic E-state index is 0. The minimum absolute atomic E-state index is 0. The molecule has 0 aliphatic carbocycles. The zero-order valence-corrected chi connectivity index (χ0v) is 32.5. The fourth-order valence-electron chi connectivity index (χ4n) is 6.48. The summed E-state index contributed by atoms with van der Waals surface area (Å²) >= 11 is 2.42. The molecule has 2 atom stereocenters. The Morgan fingerprint density at radius 1 is 0.674 bits per heavy atom. The number of carbonyl (C=O) groups excluding carboxylic acids is 2. The van der Waals surface area contributed by atoms with E-state index in [0.717, 1.165) is 35.1 Å². The van der Waals surface area contributed by atoms with Gasteiger partial charge in [-0.1, -0.05) is 36.4 Å². The van der Waals surface area contributed by atoms with Crippen molar-refractivity contribution in [2.24, 2.45) is 0 Å². The van der Waals surface area contributed by atoms with Gasteiger partial charge in [-0.2, -0.15) is 0 Å². The van der Waals surface area contributed by atoms with Crippen molar-refractivity contribution in [2.45, 2.75) is 92.2 Å². The van der Waals surface area contributed by atoms with E-state index in [4.69, 9.17) is 0 Å². The molecule has 9 heteroatoms. The molecule has 2 aromatic carbocycles. The zero-order chi connectivity index (χ0) is 30.1. The smallest absolute Gasteiger partial charge is 1.00 e. The molecule has 0 radical (unpaired) electrons. The SMILES string of the molecule is Cc1cccc(C)c1CC(=O)C(C)[N+]1(C)CCCC1.Cc1cccc(C)c1CC(=O)C(C)[N+]1(C)CCCC1.O.[Cl-].[Cl][Ag].[I-]. The molecule has 2 N–H and O–H groups in total.